The van der Waals surface area contributed by atoms with Gasteiger partial charge in [-0.05, 0) is 19.1 Å². The van der Waals surface area contributed by atoms with Crippen LogP contribution in [0.1, 0.15) is 39.0 Å². The highest BCUT2D eigenvalue weighted by Gasteiger charge is 2.21. The second kappa shape index (κ2) is 7.04. The molecule has 1 heterocycles. The molecule has 0 saturated heterocycles. The molecule has 0 radical (unpaired) electrons. The van der Waals surface area contributed by atoms with E-state index in [4.69, 9.17) is 4.74 Å². The van der Waals surface area contributed by atoms with Gasteiger partial charge in [0.2, 0.25) is 0 Å². The smallest absolute Gasteiger partial charge is 0.363 e. The summed E-state index contributed by atoms with van der Waals surface area (Å²) in [7, 11) is 0. The van der Waals surface area contributed by atoms with Gasteiger partial charge in [0, 0.05) is 11.0 Å². The Kier molecular flexibility index (Phi) is 5.10. The van der Waals surface area contributed by atoms with Gasteiger partial charge in [0.25, 0.3) is 0 Å². The quantitative estimate of drug-likeness (QED) is 0.652. The third-order valence-corrected chi connectivity index (χ3v) is 3.00. The minimum atomic E-state index is -0.523. The lowest BCUT2D eigenvalue weighted by molar-refractivity contribution is 0.340. The van der Waals surface area contributed by atoms with Crippen molar-refractivity contribution in [1.82, 2.24) is 15.2 Å². The molecule has 0 bridgehead atoms. The number of hydrogen-bond acceptors (Lipinski definition) is 6. The standard InChI is InChI=1S/C16H21N5O2/c1-5-23-12-9-7-6-8-11(12)10-17-20-14-13(16(2,3)4)19-21-15(22)18-14/h6-10H,5H2,1-4H3,(H2,18,20,21,22)/b17-10+. The van der Waals surface area contributed by atoms with Crippen molar-refractivity contribution in [2.75, 3.05) is 12.0 Å². The Morgan fingerprint density at radius 1 is 1.35 bits per heavy atom. The normalized spacial score (nSPS) is 11.7. The summed E-state index contributed by atoms with van der Waals surface area (Å²) >= 11 is 0. The van der Waals surface area contributed by atoms with E-state index in [-0.39, 0.29) is 5.41 Å². The lowest BCUT2D eigenvalue weighted by atomic mass is 9.92. The molecule has 0 amide bonds. The van der Waals surface area contributed by atoms with E-state index in [1.807, 2.05) is 52.0 Å². The summed E-state index contributed by atoms with van der Waals surface area (Å²) in [6.07, 6.45) is 1.63. The molecule has 0 aliphatic rings. The predicted octanol–water partition coefficient (Wildman–Crippen LogP) is 2.31. The minimum absolute atomic E-state index is 0.279. The van der Waals surface area contributed by atoms with Crippen molar-refractivity contribution in [3.05, 3.63) is 46.0 Å². The van der Waals surface area contributed by atoms with Gasteiger partial charge >= 0.3 is 5.69 Å². The molecule has 2 aromatic rings. The number of hydrogen-bond donors (Lipinski definition) is 2. The summed E-state index contributed by atoms with van der Waals surface area (Å²) < 4.78 is 5.53. The summed E-state index contributed by atoms with van der Waals surface area (Å²) in [6, 6.07) is 7.57. The van der Waals surface area contributed by atoms with E-state index in [2.05, 4.69) is 25.7 Å². The largest absolute Gasteiger partial charge is 0.493 e. The zero-order valence-electron chi connectivity index (χ0n) is 13.8. The molecule has 2 rings (SSSR count). The summed E-state index contributed by atoms with van der Waals surface area (Å²) in [5.41, 5.74) is 3.46. The van der Waals surface area contributed by atoms with E-state index in [9.17, 15) is 4.79 Å². The van der Waals surface area contributed by atoms with Crippen molar-refractivity contribution in [3.8, 4) is 5.75 Å². The van der Waals surface area contributed by atoms with Gasteiger partial charge in [0.15, 0.2) is 5.82 Å². The molecule has 0 fully saturated rings. The van der Waals surface area contributed by atoms with Gasteiger partial charge in [0.05, 0.1) is 12.8 Å². The average molecular weight is 315 g/mol. The molecule has 0 atom stereocenters. The summed E-state index contributed by atoms with van der Waals surface area (Å²) in [5.74, 6) is 1.08. The van der Waals surface area contributed by atoms with Crippen LogP contribution in [0.5, 0.6) is 5.75 Å². The molecule has 7 nitrogen and oxygen atoms in total. The fraction of sp³-hybridized carbons (Fsp3) is 0.375. The number of nitrogens with zero attached hydrogens (tertiary/aromatic N) is 3. The van der Waals surface area contributed by atoms with Crippen molar-refractivity contribution >= 4 is 12.0 Å². The third kappa shape index (κ3) is 4.38. The Hall–Kier alpha value is -2.70. The van der Waals surface area contributed by atoms with Crippen LogP contribution in [0.25, 0.3) is 0 Å². The molecule has 0 aliphatic carbocycles. The number of para-hydroxylation sites is 1. The Morgan fingerprint density at radius 2 is 2.09 bits per heavy atom. The maximum absolute atomic E-state index is 11.4. The highest BCUT2D eigenvalue weighted by molar-refractivity contribution is 5.83. The first-order valence-corrected chi connectivity index (χ1v) is 7.40. The molecule has 7 heteroatoms. The van der Waals surface area contributed by atoms with Gasteiger partial charge in [-0.15, -0.1) is 0 Å². The first-order chi connectivity index (χ1) is 10.9. The van der Waals surface area contributed by atoms with Crippen LogP contribution in [-0.2, 0) is 5.41 Å². The molecule has 0 spiro atoms. The summed E-state index contributed by atoms with van der Waals surface area (Å²) in [5, 5.41) is 10.6. The molecule has 0 saturated carbocycles. The SMILES string of the molecule is CCOc1ccccc1/C=N/Nc1nc(=O)[nH]nc1C(C)(C)C. The van der Waals surface area contributed by atoms with Crippen LogP contribution in [0.4, 0.5) is 5.82 Å². The Labute approximate surface area is 134 Å². The van der Waals surface area contributed by atoms with Crippen molar-refractivity contribution in [1.29, 1.82) is 0 Å². The van der Waals surface area contributed by atoms with Gasteiger partial charge in [0.1, 0.15) is 11.4 Å². The number of aromatic nitrogens is 3. The van der Waals surface area contributed by atoms with Crippen LogP contribution in [0.15, 0.2) is 34.2 Å². The van der Waals surface area contributed by atoms with Crippen LogP contribution in [0.3, 0.4) is 0 Å². The molecule has 0 unspecified atom stereocenters. The van der Waals surface area contributed by atoms with E-state index in [1.54, 1.807) is 6.21 Å². The van der Waals surface area contributed by atoms with Gasteiger partial charge in [-0.25, -0.2) is 9.89 Å². The van der Waals surface area contributed by atoms with E-state index >= 15 is 0 Å². The monoisotopic (exact) mass is 315 g/mol. The fourth-order valence-corrected chi connectivity index (χ4v) is 1.97. The van der Waals surface area contributed by atoms with Crippen molar-refractivity contribution in [2.45, 2.75) is 33.1 Å². The maximum Gasteiger partial charge on any atom is 0.363 e. The molecule has 0 aliphatic heterocycles. The topological polar surface area (TPSA) is 92.3 Å². The fourth-order valence-electron chi connectivity index (χ4n) is 1.97. The van der Waals surface area contributed by atoms with Crippen molar-refractivity contribution in [3.63, 3.8) is 0 Å². The van der Waals surface area contributed by atoms with E-state index < -0.39 is 5.69 Å². The van der Waals surface area contributed by atoms with Gasteiger partial charge in [-0.2, -0.15) is 15.2 Å². The van der Waals surface area contributed by atoms with Gasteiger partial charge < -0.3 is 4.74 Å². The minimum Gasteiger partial charge on any atom is -0.493 e. The van der Waals surface area contributed by atoms with Crippen LogP contribution in [0, 0.1) is 0 Å². The number of H-pyrrole nitrogens is 1. The van der Waals surface area contributed by atoms with Crippen LogP contribution >= 0.6 is 0 Å². The highest BCUT2D eigenvalue weighted by atomic mass is 16.5. The lowest BCUT2D eigenvalue weighted by Crippen LogP contribution is -2.24. The average Bonchev–Trinajstić information content (AvgIpc) is 2.48. The van der Waals surface area contributed by atoms with Gasteiger partial charge in [-0.3, -0.25) is 5.43 Å². The number of benzene rings is 1. The Bertz CT molecular complexity index is 747. The second-order valence-corrected chi connectivity index (χ2v) is 5.93. The second-order valence-electron chi connectivity index (χ2n) is 5.93. The van der Waals surface area contributed by atoms with Crippen molar-refractivity contribution in [2.24, 2.45) is 5.10 Å². The molecule has 122 valence electrons. The number of hydrazone groups is 1. The van der Waals surface area contributed by atoms with Crippen LogP contribution in [-0.4, -0.2) is 28.0 Å². The van der Waals surface area contributed by atoms with Crippen molar-refractivity contribution < 1.29 is 4.74 Å². The molecule has 23 heavy (non-hydrogen) atoms. The molecule has 2 N–H and O–H groups in total. The third-order valence-electron chi connectivity index (χ3n) is 3.00. The number of ether oxygens (including phenoxy) is 1. The first kappa shape index (κ1) is 16.7. The lowest BCUT2D eigenvalue weighted by Gasteiger charge is -2.18. The predicted molar refractivity (Wildman–Crippen MR) is 90.2 cm³/mol. The van der Waals surface area contributed by atoms with E-state index in [0.717, 1.165) is 11.3 Å². The zero-order valence-corrected chi connectivity index (χ0v) is 13.8. The van der Waals surface area contributed by atoms with E-state index in [0.29, 0.717) is 18.1 Å². The Morgan fingerprint density at radius 3 is 2.78 bits per heavy atom. The Balaban J connectivity index is 2.24. The number of aromatic amines is 1. The van der Waals surface area contributed by atoms with Crippen LogP contribution < -0.4 is 15.9 Å². The number of nitrogens with one attached hydrogen (secondary N) is 2. The summed E-state index contributed by atoms with van der Waals surface area (Å²) in [4.78, 5) is 15.3. The first-order valence-electron chi connectivity index (χ1n) is 7.40. The number of rotatable bonds is 5. The van der Waals surface area contributed by atoms with E-state index in [1.165, 1.54) is 0 Å². The van der Waals surface area contributed by atoms with Crippen LogP contribution in [0.2, 0.25) is 0 Å². The van der Waals surface area contributed by atoms with Gasteiger partial charge in [-0.1, -0.05) is 32.9 Å². The molecule has 1 aromatic heterocycles. The highest BCUT2D eigenvalue weighted by Crippen LogP contribution is 2.24. The molecule has 1 aromatic carbocycles. The maximum atomic E-state index is 11.4. The summed E-state index contributed by atoms with van der Waals surface area (Å²) in [6.45, 7) is 8.44. The number of anilines is 1. The molecular weight excluding hydrogens is 294 g/mol. The molecular formula is C16H21N5O2. The zero-order chi connectivity index (χ0) is 16.9.